The number of rotatable bonds is 10. The third-order valence-electron chi connectivity index (χ3n) is 7.51. The third kappa shape index (κ3) is 6.42. The molecule has 1 atom stereocenters. The Hall–Kier alpha value is -1.33. The molecule has 33 heavy (non-hydrogen) atoms. The summed E-state index contributed by atoms with van der Waals surface area (Å²) in [6.45, 7) is 8.44. The number of aryl methyl sites for hydroxylation is 2. The van der Waals surface area contributed by atoms with Crippen LogP contribution in [0, 0.1) is 5.41 Å². The molecule has 1 unspecified atom stereocenters. The summed E-state index contributed by atoms with van der Waals surface area (Å²) in [6, 6.07) is 13.2. The van der Waals surface area contributed by atoms with Gasteiger partial charge in [0.15, 0.2) is 0 Å². The molecule has 2 aromatic rings. The van der Waals surface area contributed by atoms with Crippen molar-refractivity contribution in [1.29, 1.82) is 0 Å². The van der Waals surface area contributed by atoms with E-state index in [1.807, 2.05) is 6.07 Å². The average molecular weight is 471 g/mol. The number of aliphatic hydroxyl groups is 3. The molecule has 3 nitrogen and oxygen atoms in total. The van der Waals surface area contributed by atoms with E-state index in [0.29, 0.717) is 0 Å². The minimum atomic E-state index is -0.325. The zero-order chi connectivity index (χ0) is 24.1. The van der Waals surface area contributed by atoms with E-state index in [1.54, 1.807) is 11.8 Å². The smallest absolute Gasteiger partial charge is 0.0685 e. The van der Waals surface area contributed by atoms with Crippen molar-refractivity contribution in [2.75, 3.05) is 5.75 Å². The SMILES string of the molecule is CCc1cc(C2(CCc3ccc(CO)c(CO)c3)CCCC2)ccc1SCC(O)C(C)(C)C. The fourth-order valence-corrected chi connectivity index (χ4v) is 6.39. The molecule has 1 saturated carbocycles. The molecule has 0 amide bonds. The molecule has 0 bridgehead atoms. The van der Waals surface area contributed by atoms with Crippen molar-refractivity contribution in [3.05, 3.63) is 64.2 Å². The fourth-order valence-electron chi connectivity index (χ4n) is 5.00. The number of aliphatic hydroxyl groups excluding tert-OH is 3. The molecule has 3 rings (SSSR count). The summed E-state index contributed by atoms with van der Waals surface area (Å²) < 4.78 is 0. The molecular weight excluding hydrogens is 428 g/mol. The molecule has 1 aliphatic carbocycles. The van der Waals surface area contributed by atoms with Crippen molar-refractivity contribution >= 4 is 11.8 Å². The second kappa shape index (κ2) is 11.4. The van der Waals surface area contributed by atoms with E-state index in [9.17, 15) is 15.3 Å². The van der Waals surface area contributed by atoms with Crippen LogP contribution in [0.5, 0.6) is 0 Å². The highest BCUT2D eigenvalue weighted by atomic mass is 32.2. The van der Waals surface area contributed by atoms with Gasteiger partial charge in [-0.1, -0.05) is 70.9 Å². The zero-order valence-electron chi connectivity index (χ0n) is 20.9. The van der Waals surface area contributed by atoms with Gasteiger partial charge in [0, 0.05) is 10.6 Å². The average Bonchev–Trinajstić information content (AvgIpc) is 3.30. The second-order valence-corrected chi connectivity index (χ2v) is 11.8. The van der Waals surface area contributed by atoms with Gasteiger partial charge in [0.2, 0.25) is 0 Å². The molecule has 0 radical (unpaired) electrons. The summed E-state index contributed by atoms with van der Waals surface area (Å²) >= 11 is 1.78. The molecule has 1 aliphatic rings. The van der Waals surface area contributed by atoms with Gasteiger partial charge < -0.3 is 15.3 Å². The Kier molecular flexibility index (Phi) is 9.08. The van der Waals surface area contributed by atoms with Crippen LogP contribution in [-0.4, -0.2) is 27.2 Å². The fraction of sp³-hybridized carbons (Fsp3) is 0.586. The Morgan fingerprint density at radius 1 is 0.939 bits per heavy atom. The predicted molar refractivity (Wildman–Crippen MR) is 139 cm³/mol. The molecule has 1 fully saturated rings. The van der Waals surface area contributed by atoms with Crippen LogP contribution < -0.4 is 0 Å². The van der Waals surface area contributed by atoms with E-state index in [2.05, 4.69) is 58.0 Å². The lowest BCUT2D eigenvalue weighted by atomic mass is 9.74. The maximum atomic E-state index is 10.5. The quantitative estimate of drug-likeness (QED) is 0.363. The summed E-state index contributed by atoms with van der Waals surface area (Å²) in [5, 5.41) is 29.6. The lowest BCUT2D eigenvalue weighted by molar-refractivity contribution is 0.0843. The van der Waals surface area contributed by atoms with Crippen LogP contribution in [0.1, 0.15) is 87.6 Å². The van der Waals surface area contributed by atoms with Crippen LogP contribution in [0.4, 0.5) is 0 Å². The highest BCUT2D eigenvalue weighted by Gasteiger charge is 2.35. The van der Waals surface area contributed by atoms with E-state index < -0.39 is 0 Å². The Bertz CT molecular complexity index is 910. The van der Waals surface area contributed by atoms with Gasteiger partial charge in [0.05, 0.1) is 19.3 Å². The van der Waals surface area contributed by atoms with Gasteiger partial charge in [0.25, 0.3) is 0 Å². The van der Waals surface area contributed by atoms with E-state index in [1.165, 1.54) is 47.3 Å². The summed E-state index contributed by atoms with van der Waals surface area (Å²) in [5.74, 6) is 0.720. The molecule has 4 heteroatoms. The first-order chi connectivity index (χ1) is 15.7. The van der Waals surface area contributed by atoms with Gasteiger partial charge in [-0.25, -0.2) is 0 Å². The summed E-state index contributed by atoms with van der Waals surface area (Å²) in [6.07, 6.45) is 7.78. The normalized spacial score (nSPS) is 16.8. The number of hydrogen-bond acceptors (Lipinski definition) is 4. The van der Waals surface area contributed by atoms with E-state index in [4.69, 9.17) is 0 Å². The molecular formula is C29H42O3S. The lowest BCUT2D eigenvalue weighted by Crippen LogP contribution is -2.28. The van der Waals surface area contributed by atoms with E-state index >= 15 is 0 Å². The van der Waals surface area contributed by atoms with Crippen LogP contribution in [-0.2, 0) is 31.5 Å². The first kappa shape index (κ1) is 26.3. The van der Waals surface area contributed by atoms with Gasteiger partial charge in [-0.3, -0.25) is 0 Å². The van der Waals surface area contributed by atoms with Gasteiger partial charge in [-0.15, -0.1) is 11.8 Å². The van der Waals surface area contributed by atoms with Crippen molar-refractivity contribution in [1.82, 2.24) is 0 Å². The van der Waals surface area contributed by atoms with Crippen molar-refractivity contribution in [2.24, 2.45) is 5.41 Å². The van der Waals surface area contributed by atoms with E-state index in [-0.39, 0.29) is 30.1 Å². The summed E-state index contributed by atoms with van der Waals surface area (Å²) in [7, 11) is 0. The number of benzene rings is 2. The highest BCUT2D eigenvalue weighted by molar-refractivity contribution is 7.99. The van der Waals surface area contributed by atoms with Crippen LogP contribution >= 0.6 is 11.8 Å². The maximum Gasteiger partial charge on any atom is 0.0685 e. The molecule has 182 valence electrons. The van der Waals surface area contributed by atoms with Crippen LogP contribution in [0.15, 0.2) is 41.3 Å². The standard InChI is InChI=1S/C29H42O3S/c1-5-22-17-25(10-11-26(22)33-20-27(32)28(2,3)4)29(13-6-7-14-29)15-12-21-8-9-23(18-30)24(16-21)19-31/h8-11,16-17,27,30-32H,5-7,12-15,18-20H2,1-4H3. The monoisotopic (exact) mass is 470 g/mol. The topological polar surface area (TPSA) is 60.7 Å². The highest BCUT2D eigenvalue weighted by Crippen LogP contribution is 2.45. The molecule has 0 spiro atoms. The van der Waals surface area contributed by atoms with Gasteiger partial charge in [0.1, 0.15) is 0 Å². The largest absolute Gasteiger partial charge is 0.392 e. The van der Waals surface area contributed by atoms with Crippen molar-refractivity contribution in [2.45, 2.75) is 102 Å². The van der Waals surface area contributed by atoms with Crippen molar-refractivity contribution in [3.63, 3.8) is 0 Å². The van der Waals surface area contributed by atoms with E-state index in [0.717, 1.165) is 36.1 Å². The maximum absolute atomic E-state index is 10.5. The van der Waals surface area contributed by atoms with Crippen LogP contribution in [0.25, 0.3) is 0 Å². The Balaban J connectivity index is 1.78. The Labute approximate surface area is 204 Å². The first-order valence-electron chi connectivity index (χ1n) is 12.5. The minimum Gasteiger partial charge on any atom is -0.392 e. The van der Waals surface area contributed by atoms with Crippen LogP contribution in [0.2, 0.25) is 0 Å². The molecule has 0 heterocycles. The predicted octanol–water partition coefficient (Wildman–Crippen LogP) is 6.18. The van der Waals surface area contributed by atoms with Crippen LogP contribution in [0.3, 0.4) is 0 Å². The molecule has 0 aromatic heterocycles. The first-order valence-corrected chi connectivity index (χ1v) is 13.5. The summed E-state index contributed by atoms with van der Waals surface area (Å²) in [4.78, 5) is 1.30. The van der Waals surface area contributed by atoms with Gasteiger partial charge >= 0.3 is 0 Å². The molecule has 2 aromatic carbocycles. The van der Waals surface area contributed by atoms with Gasteiger partial charge in [-0.2, -0.15) is 0 Å². The van der Waals surface area contributed by atoms with Gasteiger partial charge in [-0.05, 0) is 76.8 Å². The summed E-state index contributed by atoms with van der Waals surface area (Å²) in [5.41, 5.74) is 5.86. The third-order valence-corrected chi connectivity index (χ3v) is 8.71. The molecule has 3 N–H and O–H groups in total. The number of thioether (sulfide) groups is 1. The molecule has 0 saturated heterocycles. The zero-order valence-corrected chi connectivity index (χ0v) is 21.7. The second-order valence-electron chi connectivity index (χ2n) is 10.8. The lowest BCUT2D eigenvalue weighted by Gasteiger charge is -2.31. The molecule has 0 aliphatic heterocycles. The Morgan fingerprint density at radius 3 is 2.24 bits per heavy atom. The number of hydrogen-bond donors (Lipinski definition) is 3. The minimum absolute atomic E-state index is 0.0300. The Morgan fingerprint density at radius 2 is 1.64 bits per heavy atom. The van der Waals surface area contributed by atoms with Crippen molar-refractivity contribution in [3.8, 4) is 0 Å². The van der Waals surface area contributed by atoms with Crippen molar-refractivity contribution < 1.29 is 15.3 Å².